The second-order valence-electron chi connectivity index (χ2n) is 5.94. The molecule has 0 spiro atoms. The summed E-state index contributed by atoms with van der Waals surface area (Å²) in [7, 11) is 4.09. The molecule has 1 saturated carbocycles. The highest BCUT2D eigenvalue weighted by Crippen LogP contribution is 2.22. The highest BCUT2D eigenvalue weighted by atomic mass is 16.5. The third-order valence-corrected chi connectivity index (χ3v) is 3.75. The van der Waals surface area contributed by atoms with Crippen molar-refractivity contribution in [2.75, 3.05) is 32.6 Å². The minimum atomic E-state index is 0.356. The van der Waals surface area contributed by atoms with Crippen molar-refractivity contribution in [1.82, 2.24) is 4.90 Å². The van der Waals surface area contributed by atoms with Gasteiger partial charge in [-0.05, 0) is 64.0 Å². The third kappa shape index (κ3) is 5.02. The second kappa shape index (κ2) is 7.50. The first-order chi connectivity index (χ1) is 9.63. The average Bonchev–Trinajstić information content (AvgIpc) is 2.40. The van der Waals surface area contributed by atoms with Gasteiger partial charge in [0.15, 0.2) is 0 Å². The minimum absolute atomic E-state index is 0.356. The van der Waals surface area contributed by atoms with Crippen molar-refractivity contribution in [2.45, 2.75) is 37.8 Å². The van der Waals surface area contributed by atoms with Gasteiger partial charge >= 0.3 is 0 Å². The highest BCUT2D eigenvalue weighted by Gasteiger charge is 2.18. The molecule has 112 valence electrons. The number of likely N-dealkylation sites (N-methyl/N-ethyl adjacent to an activating group) is 1. The van der Waals surface area contributed by atoms with Gasteiger partial charge in [-0.1, -0.05) is 0 Å². The second-order valence-corrected chi connectivity index (χ2v) is 5.94. The molecule has 4 nitrogen and oxygen atoms in total. The van der Waals surface area contributed by atoms with E-state index in [-0.39, 0.29) is 0 Å². The predicted molar refractivity (Wildman–Crippen MR) is 84.3 cm³/mol. The van der Waals surface area contributed by atoms with Gasteiger partial charge in [0.1, 0.15) is 12.4 Å². The number of rotatable bonds is 6. The Morgan fingerprint density at radius 3 is 2.65 bits per heavy atom. The maximum atomic E-state index is 6.02. The Labute approximate surface area is 122 Å². The Bertz CT molecular complexity index is 391. The molecule has 2 unspecified atom stereocenters. The predicted octanol–water partition coefficient (Wildman–Crippen LogP) is 2.31. The highest BCUT2D eigenvalue weighted by molar-refractivity contribution is 5.47. The lowest BCUT2D eigenvalue weighted by Crippen LogP contribution is -2.34. The summed E-state index contributed by atoms with van der Waals surface area (Å²) in [5.41, 5.74) is 7.17. The number of nitrogens with one attached hydrogen (secondary N) is 1. The molecule has 0 saturated heterocycles. The van der Waals surface area contributed by atoms with Crippen LogP contribution in [0.3, 0.4) is 0 Å². The topological polar surface area (TPSA) is 50.5 Å². The number of anilines is 1. The summed E-state index contributed by atoms with van der Waals surface area (Å²) < 4.78 is 5.69. The molecule has 0 aliphatic heterocycles. The normalized spacial score (nSPS) is 22.8. The van der Waals surface area contributed by atoms with Crippen molar-refractivity contribution in [3.8, 4) is 5.75 Å². The van der Waals surface area contributed by atoms with Crippen LogP contribution in [0.1, 0.15) is 25.7 Å². The van der Waals surface area contributed by atoms with Crippen LogP contribution in [0.25, 0.3) is 0 Å². The van der Waals surface area contributed by atoms with E-state index < -0.39 is 0 Å². The lowest BCUT2D eigenvalue weighted by atomic mass is 9.91. The zero-order valence-corrected chi connectivity index (χ0v) is 12.6. The van der Waals surface area contributed by atoms with Crippen LogP contribution < -0.4 is 15.8 Å². The summed E-state index contributed by atoms with van der Waals surface area (Å²) in [4.78, 5) is 2.11. The van der Waals surface area contributed by atoms with Gasteiger partial charge in [-0.25, -0.2) is 0 Å². The Kier molecular flexibility index (Phi) is 5.68. The van der Waals surface area contributed by atoms with E-state index in [1.807, 2.05) is 26.2 Å². The van der Waals surface area contributed by atoms with Gasteiger partial charge in [-0.2, -0.15) is 0 Å². The Morgan fingerprint density at radius 1 is 1.25 bits per heavy atom. The molecule has 3 N–H and O–H groups in total. The molecule has 20 heavy (non-hydrogen) atoms. The largest absolute Gasteiger partial charge is 0.492 e. The smallest absolute Gasteiger partial charge is 0.119 e. The van der Waals surface area contributed by atoms with Gasteiger partial charge in [0.05, 0.1) is 0 Å². The number of benzene rings is 1. The zero-order valence-electron chi connectivity index (χ0n) is 12.6. The van der Waals surface area contributed by atoms with E-state index in [4.69, 9.17) is 10.5 Å². The first-order valence-electron chi connectivity index (χ1n) is 7.53. The first-order valence-corrected chi connectivity index (χ1v) is 7.53. The van der Waals surface area contributed by atoms with Gasteiger partial charge in [-0.15, -0.1) is 0 Å². The molecular weight excluding hydrogens is 250 g/mol. The summed E-state index contributed by atoms with van der Waals surface area (Å²) in [6.07, 6.45) is 4.68. The van der Waals surface area contributed by atoms with Crippen LogP contribution >= 0.6 is 0 Å². The van der Waals surface area contributed by atoms with Crippen LogP contribution in [-0.4, -0.2) is 44.2 Å². The van der Waals surface area contributed by atoms with Crippen LogP contribution in [0.2, 0.25) is 0 Å². The summed E-state index contributed by atoms with van der Waals surface area (Å²) in [6, 6.07) is 9.10. The van der Waals surface area contributed by atoms with Crippen molar-refractivity contribution in [3.63, 3.8) is 0 Å². The molecule has 1 aliphatic rings. The van der Waals surface area contributed by atoms with E-state index >= 15 is 0 Å². The molecule has 0 aromatic heterocycles. The molecule has 0 radical (unpaired) electrons. The van der Waals surface area contributed by atoms with E-state index in [9.17, 15) is 0 Å². The molecule has 0 bridgehead atoms. The lowest BCUT2D eigenvalue weighted by Gasteiger charge is -2.28. The molecule has 4 heteroatoms. The average molecular weight is 277 g/mol. The zero-order chi connectivity index (χ0) is 14.4. The fourth-order valence-electron chi connectivity index (χ4n) is 2.59. The van der Waals surface area contributed by atoms with Crippen LogP contribution in [0, 0.1) is 0 Å². The molecule has 0 heterocycles. The molecular formula is C16H27N3O. The fraction of sp³-hybridized carbons (Fsp3) is 0.625. The van der Waals surface area contributed by atoms with Crippen molar-refractivity contribution >= 4 is 5.69 Å². The first kappa shape index (κ1) is 15.1. The van der Waals surface area contributed by atoms with E-state index in [1.54, 1.807) is 0 Å². The summed E-state index contributed by atoms with van der Waals surface area (Å²) >= 11 is 0. The van der Waals surface area contributed by atoms with E-state index in [1.165, 1.54) is 12.8 Å². The van der Waals surface area contributed by atoms with E-state index in [0.717, 1.165) is 37.4 Å². The minimum Gasteiger partial charge on any atom is -0.492 e. The molecule has 1 aromatic rings. The number of hydrogen-bond donors (Lipinski definition) is 2. The standard InChI is InChI=1S/C16H27N3O/c1-19(2)10-11-20-16-8-6-14(7-9-16)18-15-5-3-4-13(17)12-15/h6-9,13,15,18H,3-5,10-12,17H2,1-2H3. The Balaban J connectivity index is 1.79. The SMILES string of the molecule is CN(C)CCOc1ccc(NC2CCCC(N)C2)cc1. The molecule has 1 aromatic carbocycles. The summed E-state index contributed by atoms with van der Waals surface area (Å²) in [5.74, 6) is 0.928. The van der Waals surface area contributed by atoms with Gasteiger partial charge < -0.3 is 20.7 Å². The van der Waals surface area contributed by atoms with Crippen molar-refractivity contribution < 1.29 is 4.74 Å². The van der Waals surface area contributed by atoms with Gasteiger partial charge in [0.2, 0.25) is 0 Å². The van der Waals surface area contributed by atoms with E-state index in [2.05, 4.69) is 22.3 Å². The molecule has 1 aliphatic carbocycles. The maximum Gasteiger partial charge on any atom is 0.119 e. The molecule has 1 fully saturated rings. The van der Waals surface area contributed by atoms with Crippen molar-refractivity contribution in [3.05, 3.63) is 24.3 Å². The van der Waals surface area contributed by atoms with Gasteiger partial charge in [0.25, 0.3) is 0 Å². The van der Waals surface area contributed by atoms with E-state index in [0.29, 0.717) is 12.1 Å². The number of nitrogens with two attached hydrogens (primary N) is 1. The van der Waals surface area contributed by atoms with Gasteiger partial charge in [0, 0.05) is 24.3 Å². The van der Waals surface area contributed by atoms with Crippen LogP contribution in [-0.2, 0) is 0 Å². The van der Waals surface area contributed by atoms with Crippen LogP contribution in [0.15, 0.2) is 24.3 Å². The van der Waals surface area contributed by atoms with Crippen LogP contribution in [0.5, 0.6) is 5.75 Å². The summed E-state index contributed by atoms with van der Waals surface area (Å²) in [5, 5.41) is 3.57. The molecule has 0 amide bonds. The number of hydrogen-bond acceptors (Lipinski definition) is 4. The van der Waals surface area contributed by atoms with Crippen molar-refractivity contribution in [2.24, 2.45) is 5.73 Å². The molecule has 2 atom stereocenters. The summed E-state index contributed by atoms with van der Waals surface area (Å²) in [6.45, 7) is 1.65. The number of nitrogens with zero attached hydrogens (tertiary/aromatic N) is 1. The van der Waals surface area contributed by atoms with Crippen molar-refractivity contribution in [1.29, 1.82) is 0 Å². The lowest BCUT2D eigenvalue weighted by molar-refractivity contribution is 0.261. The van der Waals surface area contributed by atoms with Crippen LogP contribution in [0.4, 0.5) is 5.69 Å². The molecule has 2 rings (SSSR count). The Hall–Kier alpha value is -1.26. The number of ether oxygens (including phenoxy) is 1. The maximum absolute atomic E-state index is 6.02. The van der Waals surface area contributed by atoms with Gasteiger partial charge in [-0.3, -0.25) is 0 Å². The third-order valence-electron chi connectivity index (χ3n) is 3.75. The quantitative estimate of drug-likeness (QED) is 0.838. The Morgan fingerprint density at radius 2 is 2.00 bits per heavy atom. The fourth-order valence-corrected chi connectivity index (χ4v) is 2.59. The monoisotopic (exact) mass is 277 g/mol.